The summed E-state index contributed by atoms with van der Waals surface area (Å²) in [5.41, 5.74) is 1.32. The number of sulfone groups is 1. The van der Waals surface area contributed by atoms with Gasteiger partial charge in [0.1, 0.15) is 9.84 Å². The summed E-state index contributed by atoms with van der Waals surface area (Å²) in [6.45, 7) is 3.08. The van der Waals surface area contributed by atoms with Crippen LogP contribution in [0.2, 0.25) is 0 Å². The summed E-state index contributed by atoms with van der Waals surface area (Å²) in [6.07, 6.45) is 1.62. The lowest BCUT2D eigenvalue weighted by Gasteiger charge is -2.24. The summed E-state index contributed by atoms with van der Waals surface area (Å²) in [7, 11) is -2.72. The van der Waals surface area contributed by atoms with Gasteiger partial charge in [-0.25, -0.2) is 8.42 Å². The van der Waals surface area contributed by atoms with Gasteiger partial charge in [0.15, 0.2) is 0 Å². The van der Waals surface area contributed by atoms with Crippen molar-refractivity contribution in [3.8, 4) is 0 Å². The summed E-state index contributed by atoms with van der Waals surface area (Å²) in [5.74, 6) is 1.25. The molecule has 1 aromatic heterocycles. The SMILES string of the molecule is CC(NCC1CCS(=O)(=O)CC1)c1ccsc1. The second-order valence-corrected chi connectivity index (χ2v) is 7.87. The van der Waals surface area contributed by atoms with E-state index in [2.05, 4.69) is 29.1 Å². The Kier molecular flexibility index (Phi) is 4.22. The molecule has 0 aliphatic carbocycles. The van der Waals surface area contributed by atoms with Crippen molar-refractivity contribution in [3.63, 3.8) is 0 Å². The topological polar surface area (TPSA) is 46.2 Å². The fraction of sp³-hybridized carbons (Fsp3) is 0.667. The molecule has 17 heavy (non-hydrogen) atoms. The maximum Gasteiger partial charge on any atom is 0.150 e. The van der Waals surface area contributed by atoms with Crippen molar-refractivity contribution in [2.45, 2.75) is 25.8 Å². The predicted molar refractivity (Wildman–Crippen MR) is 72.1 cm³/mol. The lowest BCUT2D eigenvalue weighted by molar-refractivity contribution is 0.410. The lowest BCUT2D eigenvalue weighted by Crippen LogP contribution is -2.32. The Bertz CT molecular complexity index is 425. The van der Waals surface area contributed by atoms with Crippen molar-refractivity contribution in [2.24, 2.45) is 5.92 Å². The third-order valence-corrected chi connectivity index (χ3v) is 5.85. The monoisotopic (exact) mass is 273 g/mol. The standard InChI is InChI=1S/C12H19NO2S2/c1-10(12-2-5-16-9-12)13-8-11-3-6-17(14,15)7-4-11/h2,5,9-11,13H,3-4,6-8H2,1H3. The Balaban J connectivity index is 1.76. The Hall–Kier alpha value is -0.390. The van der Waals surface area contributed by atoms with E-state index in [1.807, 2.05) is 0 Å². The van der Waals surface area contributed by atoms with Crippen LogP contribution in [0.5, 0.6) is 0 Å². The normalized spacial score (nSPS) is 22.4. The number of thiophene rings is 1. The Morgan fingerprint density at radius 3 is 2.76 bits per heavy atom. The van der Waals surface area contributed by atoms with Crippen LogP contribution in [-0.2, 0) is 9.84 Å². The highest BCUT2D eigenvalue weighted by atomic mass is 32.2. The molecule has 0 amide bonds. The average molecular weight is 273 g/mol. The summed E-state index contributed by atoms with van der Waals surface area (Å²) in [6, 6.07) is 2.49. The van der Waals surface area contributed by atoms with Crippen LogP contribution in [0.15, 0.2) is 16.8 Å². The zero-order valence-corrected chi connectivity index (χ0v) is 11.7. The summed E-state index contributed by atoms with van der Waals surface area (Å²) in [4.78, 5) is 0. The Morgan fingerprint density at radius 1 is 1.47 bits per heavy atom. The molecular formula is C12H19NO2S2. The van der Waals surface area contributed by atoms with Crippen LogP contribution in [-0.4, -0.2) is 26.5 Å². The number of hydrogen-bond acceptors (Lipinski definition) is 4. The minimum Gasteiger partial charge on any atom is -0.310 e. The molecule has 1 N–H and O–H groups in total. The smallest absolute Gasteiger partial charge is 0.150 e. The molecule has 0 aromatic carbocycles. The lowest BCUT2D eigenvalue weighted by atomic mass is 10.0. The van der Waals surface area contributed by atoms with Crippen molar-refractivity contribution in [1.29, 1.82) is 0 Å². The molecule has 1 unspecified atom stereocenters. The summed E-state index contributed by atoms with van der Waals surface area (Å²) >= 11 is 1.71. The third-order valence-electron chi connectivity index (χ3n) is 3.43. The molecule has 1 aliphatic heterocycles. The maximum atomic E-state index is 11.3. The van der Waals surface area contributed by atoms with Gasteiger partial charge in [-0.3, -0.25) is 0 Å². The van der Waals surface area contributed by atoms with E-state index in [0.717, 1.165) is 19.4 Å². The van der Waals surface area contributed by atoms with E-state index in [-0.39, 0.29) is 0 Å². The van der Waals surface area contributed by atoms with Gasteiger partial charge >= 0.3 is 0 Å². The predicted octanol–water partition coefficient (Wildman–Crippen LogP) is 2.22. The fourth-order valence-corrected chi connectivity index (χ4v) is 4.47. The minimum absolute atomic E-state index is 0.361. The molecule has 0 bridgehead atoms. The number of hydrogen-bond donors (Lipinski definition) is 1. The molecule has 2 heterocycles. The molecule has 2 rings (SSSR count). The molecule has 3 nitrogen and oxygen atoms in total. The number of rotatable bonds is 4. The van der Waals surface area contributed by atoms with E-state index in [9.17, 15) is 8.42 Å². The molecule has 0 saturated carbocycles. The van der Waals surface area contributed by atoms with Crippen LogP contribution in [0.1, 0.15) is 31.4 Å². The van der Waals surface area contributed by atoms with Gasteiger partial charge in [0, 0.05) is 6.04 Å². The van der Waals surface area contributed by atoms with Gasteiger partial charge in [-0.1, -0.05) is 0 Å². The second kappa shape index (κ2) is 5.50. The Labute approximate surface area is 107 Å². The largest absolute Gasteiger partial charge is 0.310 e. The second-order valence-electron chi connectivity index (χ2n) is 4.78. The number of nitrogens with one attached hydrogen (secondary N) is 1. The van der Waals surface area contributed by atoms with Crippen LogP contribution in [0.4, 0.5) is 0 Å². The van der Waals surface area contributed by atoms with Crippen molar-refractivity contribution >= 4 is 21.2 Å². The highest BCUT2D eigenvalue weighted by Crippen LogP contribution is 2.20. The van der Waals surface area contributed by atoms with E-state index < -0.39 is 9.84 Å². The first-order valence-electron chi connectivity index (χ1n) is 6.03. The van der Waals surface area contributed by atoms with Gasteiger partial charge in [-0.15, -0.1) is 0 Å². The van der Waals surface area contributed by atoms with Gasteiger partial charge < -0.3 is 5.32 Å². The third kappa shape index (κ3) is 3.79. The van der Waals surface area contributed by atoms with Gasteiger partial charge in [0.25, 0.3) is 0 Å². The van der Waals surface area contributed by atoms with Crippen LogP contribution >= 0.6 is 11.3 Å². The average Bonchev–Trinajstić information content (AvgIpc) is 2.80. The van der Waals surface area contributed by atoms with E-state index in [0.29, 0.717) is 23.5 Å². The van der Waals surface area contributed by atoms with Gasteiger partial charge in [0.05, 0.1) is 11.5 Å². The van der Waals surface area contributed by atoms with Gasteiger partial charge in [-0.05, 0) is 54.6 Å². The van der Waals surface area contributed by atoms with E-state index in [4.69, 9.17) is 0 Å². The molecule has 1 atom stereocenters. The first-order chi connectivity index (χ1) is 8.07. The minimum atomic E-state index is -2.72. The van der Waals surface area contributed by atoms with E-state index in [1.165, 1.54) is 5.56 Å². The molecule has 1 fully saturated rings. The molecule has 96 valence electrons. The zero-order valence-electron chi connectivity index (χ0n) is 10.1. The Morgan fingerprint density at radius 2 is 2.18 bits per heavy atom. The van der Waals surface area contributed by atoms with Crippen molar-refractivity contribution in [1.82, 2.24) is 5.32 Å². The highest BCUT2D eigenvalue weighted by Gasteiger charge is 2.23. The molecule has 1 saturated heterocycles. The highest BCUT2D eigenvalue weighted by molar-refractivity contribution is 7.91. The summed E-state index contributed by atoms with van der Waals surface area (Å²) < 4.78 is 22.6. The first-order valence-corrected chi connectivity index (χ1v) is 8.79. The first kappa shape index (κ1) is 13.1. The molecular weight excluding hydrogens is 254 g/mol. The van der Waals surface area contributed by atoms with Gasteiger partial charge in [-0.2, -0.15) is 11.3 Å². The van der Waals surface area contributed by atoms with Crippen LogP contribution in [0, 0.1) is 5.92 Å². The van der Waals surface area contributed by atoms with Crippen molar-refractivity contribution in [3.05, 3.63) is 22.4 Å². The molecule has 0 spiro atoms. The molecule has 1 aromatic rings. The molecule has 5 heteroatoms. The van der Waals surface area contributed by atoms with Gasteiger partial charge in [0.2, 0.25) is 0 Å². The van der Waals surface area contributed by atoms with Crippen molar-refractivity contribution < 1.29 is 8.42 Å². The van der Waals surface area contributed by atoms with Crippen LogP contribution in [0.3, 0.4) is 0 Å². The van der Waals surface area contributed by atoms with Crippen molar-refractivity contribution in [2.75, 3.05) is 18.1 Å². The maximum absolute atomic E-state index is 11.3. The molecule has 1 aliphatic rings. The molecule has 0 radical (unpaired) electrons. The van der Waals surface area contributed by atoms with Crippen LogP contribution < -0.4 is 5.32 Å². The quantitative estimate of drug-likeness (QED) is 0.915. The van der Waals surface area contributed by atoms with Crippen LogP contribution in [0.25, 0.3) is 0 Å². The van der Waals surface area contributed by atoms with E-state index in [1.54, 1.807) is 11.3 Å². The van der Waals surface area contributed by atoms with E-state index >= 15 is 0 Å². The fourth-order valence-electron chi connectivity index (χ4n) is 2.13. The zero-order chi connectivity index (χ0) is 12.3. The summed E-state index contributed by atoms with van der Waals surface area (Å²) in [5, 5.41) is 7.73.